The van der Waals surface area contributed by atoms with Gasteiger partial charge in [0, 0.05) is 6.20 Å². The van der Waals surface area contributed by atoms with Crippen molar-refractivity contribution >= 4 is 5.57 Å². The van der Waals surface area contributed by atoms with Crippen LogP contribution < -0.4 is 10.1 Å². The van der Waals surface area contributed by atoms with Crippen LogP contribution in [0, 0.1) is 11.8 Å². The van der Waals surface area contributed by atoms with Gasteiger partial charge in [-0.15, -0.1) is 0 Å². The summed E-state index contributed by atoms with van der Waals surface area (Å²) in [5.74, 6) is 2.45. The van der Waals surface area contributed by atoms with Crippen molar-refractivity contribution in [2.75, 3.05) is 20.2 Å². The van der Waals surface area contributed by atoms with Crippen molar-refractivity contribution in [1.82, 2.24) is 10.3 Å². The van der Waals surface area contributed by atoms with Gasteiger partial charge in [-0.1, -0.05) is 6.08 Å². The number of methoxy groups -OCH3 is 1. The maximum atomic E-state index is 5.26. The SMILES string of the molecule is COc1cncc(C2=CCC3CNCC(C2)C3)c1. The van der Waals surface area contributed by atoms with Crippen LogP contribution in [0.5, 0.6) is 5.75 Å². The van der Waals surface area contributed by atoms with Crippen LogP contribution in [0.15, 0.2) is 24.5 Å². The second-order valence-electron chi connectivity index (χ2n) is 5.41. The van der Waals surface area contributed by atoms with Crippen molar-refractivity contribution in [3.05, 3.63) is 30.1 Å². The Kier molecular flexibility index (Phi) is 3.33. The highest BCUT2D eigenvalue weighted by Gasteiger charge is 2.25. The number of nitrogens with one attached hydrogen (secondary N) is 1. The zero-order valence-corrected chi connectivity index (χ0v) is 10.9. The minimum Gasteiger partial charge on any atom is -0.495 e. The smallest absolute Gasteiger partial charge is 0.137 e. The molecule has 3 rings (SSSR count). The number of aromatic nitrogens is 1. The van der Waals surface area contributed by atoms with Crippen LogP contribution in [0.2, 0.25) is 0 Å². The fourth-order valence-corrected chi connectivity index (χ4v) is 3.11. The lowest BCUT2D eigenvalue weighted by Crippen LogP contribution is -2.35. The Morgan fingerprint density at radius 2 is 2.17 bits per heavy atom. The molecule has 96 valence electrons. The van der Waals surface area contributed by atoms with Gasteiger partial charge >= 0.3 is 0 Å². The summed E-state index contributed by atoms with van der Waals surface area (Å²) >= 11 is 0. The summed E-state index contributed by atoms with van der Waals surface area (Å²) in [4.78, 5) is 4.27. The van der Waals surface area contributed by atoms with E-state index in [1.165, 1.54) is 36.9 Å². The van der Waals surface area contributed by atoms with Crippen molar-refractivity contribution in [2.45, 2.75) is 19.3 Å². The summed E-state index contributed by atoms with van der Waals surface area (Å²) in [5.41, 5.74) is 2.67. The summed E-state index contributed by atoms with van der Waals surface area (Å²) in [6, 6.07) is 2.10. The number of hydrogen-bond donors (Lipinski definition) is 1. The van der Waals surface area contributed by atoms with E-state index in [4.69, 9.17) is 4.74 Å². The fourth-order valence-electron chi connectivity index (χ4n) is 3.11. The third-order valence-corrected chi connectivity index (χ3v) is 4.06. The van der Waals surface area contributed by atoms with Crippen molar-refractivity contribution in [2.24, 2.45) is 11.8 Å². The summed E-state index contributed by atoms with van der Waals surface area (Å²) in [6.07, 6.45) is 9.85. The van der Waals surface area contributed by atoms with E-state index in [0.29, 0.717) is 0 Å². The van der Waals surface area contributed by atoms with Gasteiger partial charge in [0.15, 0.2) is 0 Å². The Labute approximate surface area is 108 Å². The maximum Gasteiger partial charge on any atom is 0.137 e. The van der Waals surface area contributed by atoms with Crippen molar-refractivity contribution < 1.29 is 4.74 Å². The predicted octanol–water partition coefficient (Wildman–Crippen LogP) is 2.49. The molecule has 18 heavy (non-hydrogen) atoms. The second-order valence-corrected chi connectivity index (χ2v) is 5.41. The first kappa shape index (κ1) is 11.7. The Bertz CT molecular complexity index is 456. The number of ether oxygens (including phenoxy) is 1. The lowest BCUT2D eigenvalue weighted by molar-refractivity contribution is 0.298. The highest BCUT2D eigenvalue weighted by atomic mass is 16.5. The molecule has 1 fully saturated rings. The van der Waals surface area contributed by atoms with Gasteiger partial charge in [-0.05, 0) is 61.4 Å². The lowest BCUT2D eigenvalue weighted by atomic mass is 9.88. The average Bonchev–Trinajstić information content (AvgIpc) is 2.57. The molecule has 1 aromatic rings. The van der Waals surface area contributed by atoms with E-state index in [9.17, 15) is 0 Å². The lowest BCUT2D eigenvalue weighted by Gasteiger charge is -2.27. The number of hydrogen-bond acceptors (Lipinski definition) is 3. The van der Waals surface area contributed by atoms with E-state index in [0.717, 1.165) is 24.1 Å². The van der Waals surface area contributed by atoms with E-state index in [-0.39, 0.29) is 0 Å². The number of fused-ring (bicyclic) bond motifs is 2. The van der Waals surface area contributed by atoms with Crippen LogP contribution in [0.4, 0.5) is 0 Å². The first-order valence-corrected chi connectivity index (χ1v) is 6.74. The molecule has 2 unspecified atom stereocenters. The van der Waals surface area contributed by atoms with Crippen LogP contribution in [0.1, 0.15) is 24.8 Å². The zero-order valence-electron chi connectivity index (χ0n) is 10.9. The highest BCUT2D eigenvalue weighted by molar-refractivity contribution is 5.66. The van der Waals surface area contributed by atoms with Gasteiger partial charge in [0.1, 0.15) is 5.75 Å². The molecule has 3 nitrogen and oxygen atoms in total. The Hall–Kier alpha value is -1.35. The monoisotopic (exact) mass is 244 g/mol. The third-order valence-electron chi connectivity index (χ3n) is 4.06. The van der Waals surface area contributed by atoms with E-state index < -0.39 is 0 Å². The van der Waals surface area contributed by atoms with Gasteiger partial charge in [-0.3, -0.25) is 4.98 Å². The minimum atomic E-state index is 0.781. The van der Waals surface area contributed by atoms with Crippen LogP contribution in [-0.2, 0) is 0 Å². The molecule has 2 heterocycles. The summed E-state index contributed by atoms with van der Waals surface area (Å²) < 4.78 is 5.26. The van der Waals surface area contributed by atoms with Gasteiger partial charge in [-0.2, -0.15) is 0 Å². The number of piperidine rings is 1. The fraction of sp³-hybridized carbons (Fsp3) is 0.533. The molecular weight excluding hydrogens is 224 g/mol. The van der Waals surface area contributed by atoms with Gasteiger partial charge < -0.3 is 10.1 Å². The largest absolute Gasteiger partial charge is 0.495 e. The quantitative estimate of drug-likeness (QED) is 0.868. The Morgan fingerprint density at radius 1 is 1.28 bits per heavy atom. The van der Waals surface area contributed by atoms with Crippen molar-refractivity contribution in [3.8, 4) is 5.75 Å². The van der Waals surface area contributed by atoms with E-state index in [2.05, 4.69) is 22.4 Å². The molecule has 0 amide bonds. The number of allylic oxidation sites excluding steroid dienone is 2. The van der Waals surface area contributed by atoms with Gasteiger partial charge in [-0.25, -0.2) is 0 Å². The topological polar surface area (TPSA) is 34.1 Å². The van der Waals surface area contributed by atoms with Crippen LogP contribution in [-0.4, -0.2) is 25.2 Å². The molecule has 1 N–H and O–H groups in total. The Balaban J connectivity index is 1.86. The molecule has 0 saturated carbocycles. The van der Waals surface area contributed by atoms with Gasteiger partial charge in [0.05, 0.1) is 13.3 Å². The van der Waals surface area contributed by atoms with E-state index in [1.807, 2.05) is 6.20 Å². The van der Waals surface area contributed by atoms with E-state index >= 15 is 0 Å². The summed E-state index contributed by atoms with van der Waals surface area (Å²) in [5, 5.41) is 3.55. The van der Waals surface area contributed by atoms with E-state index in [1.54, 1.807) is 13.3 Å². The Morgan fingerprint density at radius 3 is 3.06 bits per heavy atom. The molecule has 1 saturated heterocycles. The van der Waals surface area contributed by atoms with Crippen LogP contribution >= 0.6 is 0 Å². The highest BCUT2D eigenvalue weighted by Crippen LogP contribution is 2.34. The molecule has 2 bridgehead atoms. The van der Waals surface area contributed by atoms with Gasteiger partial charge in [0.25, 0.3) is 0 Å². The molecule has 2 aliphatic rings. The minimum absolute atomic E-state index is 0.781. The molecule has 2 atom stereocenters. The molecular formula is C15H20N2O. The molecule has 1 aromatic heterocycles. The molecule has 0 spiro atoms. The molecule has 1 aliphatic heterocycles. The predicted molar refractivity (Wildman–Crippen MR) is 72.5 cm³/mol. The molecule has 0 aromatic carbocycles. The number of pyridine rings is 1. The zero-order chi connectivity index (χ0) is 12.4. The van der Waals surface area contributed by atoms with Crippen molar-refractivity contribution in [1.29, 1.82) is 0 Å². The standard InChI is InChI=1S/C15H20N2O/c1-18-15-6-14(9-17-10-15)13-3-2-11-4-12(5-13)8-16-7-11/h3,6,9-12,16H,2,4-5,7-8H2,1H3. The third kappa shape index (κ3) is 2.41. The molecule has 1 aliphatic carbocycles. The number of nitrogens with zero attached hydrogens (tertiary/aromatic N) is 1. The van der Waals surface area contributed by atoms with Crippen LogP contribution in [0.3, 0.4) is 0 Å². The number of rotatable bonds is 2. The van der Waals surface area contributed by atoms with Crippen molar-refractivity contribution in [3.63, 3.8) is 0 Å². The first-order chi connectivity index (χ1) is 8.85. The molecule has 3 heteroatoms. The normalized spacial score (nSPS) is 27.3. The van der Waals surface area contributed by atoms with Gasteiger partial charge in [0.2, 0.25) is 0 Å². The first-order valence-electron chi connectivity index (χ1n) is 6.74. The second kappa shape index (κ2) is 5.11. The maximum absolute atomic E-state index is 5.26. The summed E-state index contributed by atoms with van der Waals surface area (Å²) in [6.45, 7) is 2.34. The average molecular weight is 244 g/mol. The summed E-state index contributed by atoms with van der Waals surface area (Å²) in [7, 11) is 1.69. The molecule has 0 radical (unpaired) electrons. The van der Waals surface area contributed by atoms with Crippen LogP contribution in [0.25, 0.3) is 5.57 Å².